The minimum absolute atomic E-state index is 0.00549. The van der Waals surface area contributed by atoms with Gasteiger partial charge in [0, 0.05) is 11.3 Å². The topological polar surface area (TPSA) is 67.5 Å². The lowest BCUT2D eigenvalue weighted by atomic mass is 9.86. The van der Waals surface area contributed by atoms with Crippen molar-refractivity contribution in [1.82, 2.24) is 0 Å². The summed E-state index contributed by atoms with van der Waals surface area (Å²) in [4.78, 5) is 17.2. The fourth-order valence-corrected chi connectivity index (χ4v) is 4.14. The molecule has 0 saturated carbocycles. The van der Waals surface area contributed by atoms with Crippen LogP contribution in [-0.2, 0) is 11.0 Å². The van der Waals surface area contributed by atoms with E-state index in [0.29, 0.717) is 10.7 Å². The van der Waals surface area contributed by atoms with Gasteiger partial charge in [0.15, 0.2) is 5.17 Å². The molecule has 0 aromatic heterocycles. The second-order valence-electron chi connectivity index (χ2n) is 8.30. The van der Waals surface area contributed by atoms with E-state index in [9.17, 15) is 9.18 Å². The van der Waals surface area contributed by atoms with Crippen molar-refractivity contribution < 1.29 is 9.18 Å². The number of rotatable bonds is 3. The summed E-state index contributed by atoms with van der Waals surface area (Å²) in [7, 11) is 0. The molecule has 1 amide bonds. The van der Waals surface area contributed by atoms with Crippen molar-refractivity contribution in [2.24, 2.45) is 10.7 Å². The Balaban J connectivity index is 1.84. The van der Waals surface area contributed by atoms with Gasteiger partial charge in [0.1, 0.15) is 5.82 Å². The normalized spacial score (nSPS) is 19.8. The average molecular weight is 400 g/mol. The molecule has 2 aromatic rings. The number of hydrogen-bond donors (Lipinski definition) is 2. The predicted molar refractivity (Wildman–Crippen MR) is 116 cm³/mol. The van der Waals surface area contributed by atoms with Crippen LogP contribution in [0.5, 0.6) is 0 Å². The number of halogens is 1. The first-order valence-electron chi connectivity index (χ1n) is 9.28. The minimum Gasteiger partial charge on any atom is -0.379 e. The maximum Gasteiger partial charge on any atom is 0.255 e. The SMILES string of the molecule is CC(C)(C)c1ccc(C(=O)Nc2cc(C3(C)CCSC(N)=N3)ccc2F)cc1. The number of carbonyl (C=O) groups is 1. The third kappa shape index (κ3) is 4.38. The van der Waals surface area contributed by atoms with Crippen LogP contribution >= 0.6 is 11.8 Å². The number of benzene rings is 2. The first-order chi connectivity index (χ1) is 13.1. The summed E-state index contributed by atoms with van der Waals surface area (Å²) in [5, 5.41) is 3.22. The van der Waals surface area contributed by atoms with Crippen LogP contribution < -0.4 is 11.1 Å². The number of amides is 1. The smallest absolute Gasteiger partial charge is 0.255 e. The van der Waals surface area contributed by atoms with Crippen molar-refractivity contribution in [1.29, 1.82) is 0 Å². The Kier molecular flexibility index (Phi) is 5.53. The highest BCUT2D eigenvalue weighted by molar-refractivity contribution is 8.13. The van der Waals surface area contributed by atoms with E-state index in [4.69, 9.17) is 5.73 Å². The van der Waals surface area contributed by atoms with Gasteiger partial charge in [0.25, 0.3) is 5.91 Å². The van der Waals surface area contributed by atoms with E-state index in [1.54, 1.807) is 24.3 Å². The highest BCUT2D eigenvalue weighted by atomic mass is 32.2. The third-order valence-corrected chi connectivity index (χ3v) is 5.84. The van der Waals surface area contributed by atoms with Crippen molar-refractivity contribution in [3.8, 4) is 0 Å². The summed E-state index contributed by atoms with van der Waals surface area (Å²) in [5.74, 6) is 0.0309. The van der Waals surface area contributed by atoms with Crippen molar-refractivity contribution in [3.05, 3.63) is 65.0 Å². The fourth-order valence-electron chi connectivity index (χ4n) is 3.17. The van der Waals surface area contributed by atoms with Crippen molar-refractivity contribution in [3.63, 3.8) is 0 Å². The van der Waals surface area contributed by atoms with Gasteiger partial charge in [-0.15, -0.1) is 0 Å². The summed E-state index contributed by atoms with van der Waals surface area (Å²) >= 11 is 1.52. The molecule has 28 heavy (non-hydrogen) atoms. The Hall–Kier alpha value is -2.34. The lowest BCUT2D eigenvalue weighted by Gasteiger charge is -2.30. The molecule has 0 bridgehead atoms. The van der Waals surface area contributed by atoms with Gasteiger partial charge in [0.2, 0.25) is 0 Å². The van der Waals surface area contributed by atoms with E-state index in [1.807, 2.05) is 19.1 Å². The van der Waals surface area contributed by atoms with E-state index in [0.717, 1.165) is 23.3 Å². The summed E-state index contributed by atoms with van der Waals surface area (Å²) in [6.07, 6.45) is 0.797. The Morgan fingerprint density at radius 3 is 2.50 bits per heavy atom. The molecule has 1 heterocycles. The van der Waals surface area contributed by atoms with E-state index < -0.39 is 11.4 Å². The number of nitrogens with one attached hydrogen (secondary N) is 1. The molecule has 3 N–H and O–H groups in total. The molecule has 6 heteroatoms. The first-order valence-corrected chi connectivity index (χ1v) is 10.3. The van der Waals surface area contributed by atoms with Gasteiger partial charge in [-0.3, -0.25) is 9.79 Å². The van der Waals surface area contributed by atoms with Crippen molar-refractivity contribution >= 4 is 28.5 Å². The number of aliphatic imine (C=N–C) groups is 1. The van der Waals surface area contributed by atoms with Crippen LogP contribution in [0.4, 0.5) is 10.1 Å². The molecule has 2 aromatic carbocycles. The summed E-state index contributed by atoms with van der Waals surface area (Å²) < 4.78 is 14.4. The molecule has 148 valence electrons. The Morgan fingerprint density at radius 2 is 1.89 bits per heavy atom. The van der Waals surface area contributed by atoms with Gasteiger partial charge in [-0.1, -0.05) is 50.7 Å². The monoisotopic (exact) mass is 399 g/mol. The molecular formula is C22H26FN3OS. The summed E-state index contributed by atoms with van der Waals surface area (Å²) in [6.45, 7) is 8.32. The number of hydrogen-bond acceptors (Lipinski definition) is 4. The van der Waals surface area contributed by atoms with Crippen molar-refractivity contribution in [2.45, 2.75) is 45.1 Å². The number of nitrogens with zero attached hydrogens (tertiary/aromatic N) is 1. The lowest BCUT2D eigenvalue weighted by molar-refractivity contribution is 0.102. The summed E-state index contributed by atoms with van der Waals surface area (Å²) in [6, 6.07) is 12.1. The molecule has 4 nitrogen and oxygen atoms in total. The van der Waals surface area contributed by atoms with Gasteiger partial charge in [0.05, 0.1) is 11.2 Å². The van der Waals surface area contributed by atoms with Gasteiger partial charge in [-0.25, -0.2) is 4.39 Å². The zero-order valence-electron chi connectivity index (χ0n) is 16.7. The highest BCUT2D eigenvalue weighted by Gasteiger charge is 2.30. The number of anilines is 1. The largest absolute Gasteiger partial charge is 0.379 e. The first kappa shape index (κ1) is 20.4. The Bertz CT molecular complexity index is 918. The molecule has 1 aliphatic rings. The van der Waals surface area contributed by atoms with Gasteiger partial charge in [-0.2, -0.15) is 0 Å². The average Bonchev–Trinajstić information content (AvgIpc) is 2.62. The summed E-state index contributed by atoms with van der Waals surface area (Å²) in [5.41, 5.74) is 7.97. The van der Waals surface area contributed by atoms with Gasteiger partial charge in [-0.05, 0) is 54.2 Å². The Morgan fingerprint density at radius 1 is 1.21 bits per heavy atom. The van der Waals surface area contributed by atoms with Crippen LogP contribution in [0.25, 0.3) is 0 Å². The molecule has 1 atom stereocenters. The molecule has 1 unspecified atom stereocenters. The van der Waals surface area contributed by atoms with E-state index in [1.165, 1.54) is 17.8 Å². The molecule has 3 rings (SSSR count). The molecule has 1 aliphatic heterocycles. The number of thioether (sulfide) groups is 1. The number of amidine groups is 1. The predicted octanol–water partition coefficient (Wildman–Crippen LogP) is 5.04. The van der Waals surface area contributed by atoms with Gasteiger partial charge < -0.3 is 11.1 Å². The molecule has 0 radical (unpaired) electrons. The lowest BCUT2D eigenvalue weighted by Crippen LogP contribution is -2.29. The maximum atomic E-state index is 14.4. The zero-order valence-corrected chi connectivity index (χ0v) is 17.5. The van der Waals surface area contributed by atoms with Crippen molar-refractivity contribution in [2.75, 3.05) is 11.1 Å². The second-order valence-corrected chi connectivity index (χ2v) is 9.41. The molecule has 0 fully saturated rings. The van der Waals surface area contributed by atoms with Crippen LogP contribution in [0.3, 0.4) is 0 Å². The quantitative estimate of drug-likeness (QED) is 0.760. The van der Waals surface area contributed by atoms with Crippen LogP contribution in [0.1, 0.15) is 55.6 Å². The third-order valence-electron chi connectivity index (χ3n) is 5.05. The zero-order chi connectivity index (χ0) is 20.5. The number of carbonyl (C=O) groups excluding carboxylic acids is 1. The van der Waals surface area contributed by atoms with Crippen LogP contribution in [0, 0.1) is 5.82 Å². The van der Waals surface area contributed by atoms with E-state index in [2.05, 4.69) is 31.1 Å². The van der Waals surface area contributed by atoms with Gasteiger partial charge >= 0.3 is 0 Å². The highest BCUT2D eigenvalue weighted by Crippen LogP contribution is 2.36. The molecule has 0 spiro atoms. The number of nitrogens with two attached hydrogens (primary N) is 1. The molecular weight excluding hydrogens is 373 g/mol. The fraction of sp³-hybridized carbons (Fsp3) is 0.364. The van der Waals surface area contributed by atoms with Crippen LogP contribution in [0.2, 0.25) is 0 Å². The van der Waals surface area contributed by atoms with E-state index in [-0.39, 0.29) is 17.0 Å². The second kappa shape index (κ2) is 7.59. The molecule has 0 aliphatic carbocycles. The Labute approximate surface area is 169 Å². The standard InChI is InChI=1S/C22H26FN3OS/c1-21(2,3)15-7-5-14(6-8-15)19(27)25-18-13-16(9-10-17(18)23)22(4)11-12-28-20(24)26-22/h5-10,13H,11-12H2,1-4H3,(H2,24,26)(H,25,27). The van der Waals surface area contributed by atoms with E-state index >= 15 is 0 Å². The maximum absolute atomic E-state index is 14.4. The van der Waals surface area contributed by atoms with Crippen LogP contribution in [0.15, 0.2) is 47.5 Å². The molecule has 0 saturated heterocycles. The minimum atomic E-state index is -0.517. The van der Waals surface area contributed by atoms with Crippen LogP contribution in [-0.4, -0.2) is 16.8 Å².